The lowest BCUT2D eigenvalue weighted by Gasteiger charge is -2.08. The Morgan fingerprint density at radius 2 is 1.34 bits per heavy atom. The van der Waals surface area contributed by atoms with Crippen LogP contribution in [0.3, 0.4) is 0 Å². The van der Waals surface area contributed by atoms with E-state index in [1.165, 1.54) is 4.90 Å². The number of anilines is 1. The van der Waals surface area contributed by atoms with Gasteiger partial charge in [0.2, 0.25) is 0 Å². The van der Waals surface area contributed by atoms with Crippen molar-refractivity contribution in [2.75, 3.05) is 5.32 Å². The number of hydrazone groups is 1. The van der Waals surface area contributed by atoms with Gasteiger partial charge in [0.1, 0.15) is 0 Å². The first-order valence-electron chi connectivity index (χ1n) is 11.2. The van der Waals surface area contributed by atoms with E-state index in [-0.39, 0.29) is 11.8 Å². The maximum absolute atomic E-state index is 12.6. The molecule has 5 nitrogen and oxygen atoms in total. The van der Waals surface area contributed by atoms with Crippen molar-refractivity contribution in [1.82, 2.24) is 5.43 Å². The molecule has 2 N–H and O–H groups in total. The molecule has 4 aromatic carbocycles. The molecule has 0 bridgehead atoms. The van der Waals surface area contributed by atoms with Crippen LogP contribution in [0.15, 0.2) is 119 Å². The Labute approximate surface area is 209 Å². The molecule has 0 aliphatic heterocycles. The zero-order chi connectivity index (χ0) is 24.5. The molecule has 6 heteroatoms. The summed E-state index contributed by atoms with van der Waals surface area (Å²) in [5.74, 6) is 0.372. The van der Waals surface area contributed by atoms with Crippen LogP contribution >= 0.6 is 11.8 Å². The summed E-state index contributed by atoms with van der Waals surface area (Å²) in [6.45, 7) is 1.81. The van der Waals surface area contributed by atoms with Crippen molar-refractivity contribution in [1.29, 1.82) is 0 Å². The van der Waals surface area contributed by atoms with E-state index in [2.05, 4.69) is 28.0 Å². The van der Waals surface area contributed by atoms with Gasteiger partial charge in [-0.15, -0.1) is 11.8 Å². The molecule has 35 heavy (non-hydrogen) atoms. The first-order chi connectivity index (χ1) is 17.1. The number of carbonyl (C=O) groups is 2. The van der Waals surface area contributed by atoms with Crippen molar-refractivity contribution >= 4 is 35.0 Å². The Kier molecular flexibility index (Phi) is 8.09. The Bertz CT molecular complexity index is 1320. The summed E-state index contributed by atoms with van der Waals surface area (Å²) in [5.41, 5.74) is 6.96. The van der Waals surface area contributed by atoms with Gasteiger partial charge in [0, 0.05) is 27.5 Å². The summed E-state index contributed by atoms with van der Waals surface area (Å²) in [6.07, 6.45) is 0. The highest BCUT2D eigenvalue weighted by Gasteiger charge is 2.08. The van der Waals surface area contributed by atoms with Crippen LogP contribution in [0.1, 0.15) is 38.8 Å². The van der Waals surface area contributed by atoms with Crippen molar-refractivity contribution in [2.24, 2.45) is 5.10 Å². The second-order valence-corrected chi connectivity index (χ2v) is 8.89. The highest BCUT2D eigenvalue weighted by molar-refractivity contribution is 7.98. The molecule has 0 spiro atoms. The number of thioether (sulfide) groups is 1. The van der Waals surface area contributed by atoms with Gasteiger partial charge >= 0.3 is 0 Å². The van der Waals surface area contributed by atoms with E-state index in [4.69, 9.17) is 0 Å². The van der Waals surface area contributed by atoms with Crippen molar-refractivity contribution in [2.45, 2.75) is 17.6 Å². The van der Waals surface area contributed by atoms with Gasteiger partial charge in [-0.1, -0.05) is 60.7 Å². The molecule has 174 valence electrons. The smallest absolute Gasteiger partial charge is 0.271 e. The number of nitrogens with one attached hydrogen (secondary N) is 2. The first-order valence-corrected chi connectivity index (χ1v) is 12.2. The van der Waals surface area contributed by atoms with E-state index in [0.717, 1.165) is 16.9 Å². The molecule has 0 heterocycles. The molecule has 0 saturated carbocycles. The van der Waals surface area contributed by atoms with Gasteiger partial charge in [0.15, 0.2) is 0 Å². The molecule has 0 aromatic heterocycles. The minimum Gasteiger partial charge on any atom is -0.322 e. The summed E-state index contributed by atoms with van der Waals surface area (Å²) < 4.78 is 0. The summed E-state index contributed by atoms with van der Waals surface area (Å²) >= 11 is 1.75. The molecular formula is C29H25N3O2S. The van der Waals surface area contributed by atoms with Crippen molar-refractivity contribution in [3.05, 3.63) is 131 Å². The lowest BCUT2D eigenvalue weighted by Crippen LogP contribution is -2.19. The topological polar surface area (TPSA) is 70.6 Å². The van der Waals surface area contributed by atoms with Crippen LogP contribution in [0.4, 0.5) is 5.69 Å². The average molecular weight is 480 g/mol. The lowest BCUT2D eigenvalue weighted by molar-refractivity contribution is 0.0954. The minimum absolute atomic E-state index is 0.184. The van der Waals surface area contributed by atoms with Crippen LogP contribution < -0.4 is 10.7 Å². The van der Waals surface area contributed by atoms with Gasteiger partial charge in [-0.25, -0.2) is 5.43 Å². The third kappa shape index (κ3) is 6.91. The Balaban J connectivity index is 1.34. The minimum atomic E-state index is -0.278. The fourth-order valence-corrected chi connectivity index (χ4v) is 4.19. The fraction of sp³-hybridized carbons (Fsp3) is 0.0690. The summed E-state index contributed by atoms with van der Waals surface area (Å²) in [4.78, 5) is 26.2. The number of hydrogen-bond donors (Lipinski definition) is 2. The van der Waals surface area contributed by atoms with Gasteiger partial charge in [0.05, 0.1) is 5.71 Å². The van der Waals surface area contributed by atoms with Crippen LogP contribution in [-0.4, -0.2) is 17.5 Å². The predicted octanol–water partition coefficient (Wildman–Crippen LogP) is 6.39. The van der Waals surface area contributed by atoms with Crippen LogP contribution in [-0.2, 0) is 5.75 Å². The molecule has 4 rings (SSSR count). The van der Waals surface area contributed by atoms with Gasteiger partial charge in [-0.05, 0) is 66.6 Å². The summed E-state index contributed by atoms with van der Waals surface area (Å²) in [5, 5.41) is 7.14. The fourth-order valence-electron chi connectivity index (χ4n) is 3.31. The SMILES string of the molecule is C/C(=N\NC(=O)c1ccc(CSc2ccccc2)cc1)c1cccc(NC(=O)c2ccccc2)c1. The number of nitrogens with zero attached hydrogens (tertiary/aromatic N) is 1. The zero-order valence-electron chi connectivity index (χ0n) is 19.3. The normalized spacial score (nSPS) is 11.1. The molecular weight excluding hydrogens is 454 g/mol. The molecule has 0 atom stereocenters. The molecule has 0 aliphatic carbocycles. The molecule has 0 aliphatic rings. The highest BCUT2D eigenvalue weighted by Crippen LogP contribution is 2.22. The Hall–Kier alpha value is -4.16. The zero-order valence-corrected chi connectivity index (χ0v) is 20.1. The van der Waals surface area contributed by atoms with Crippen LogP contribution in [0.25, 0.3) is 0 Å². The first kappa shape index (κ1) is 24.0. The predicted molar refractivity (Wildman–Crippen MR) is 143 cm³/mol. The van der Waals surface area contributed by atoms with E-state index in [0.29, 0.717) is 22.5 Å². The van der Waals surface area contributed by atoms with E-state index in [1.54, 1.807) is 36.0 Å². The van der Waals surface area contributed by atoms with Crippen LogP contribution in [0.5, 0.6) is 0 Å². The number of amides is 2. The van der Waals surface area contributed by atoms with E-state index in [9.17, 15) is 9.59 Å². The molecule has 0 saturated heterocycles. The number of carbonyl (C=O) groups excluding carboxylic acids is 2. The molecule has 4 aromatic rings. The maximum atomic E-state index is 12.6. The summed E-state index contributed by atoms with van der Waals surface area (Å²) in [7, 11) is 0. The second kappa shape index (κ2) is 11.8. The molecule has 0 unspecified atom stereocenters. The number of benzene rings is 4. The van der Waals surface area contributed by atoms with Crippen LogP contribution in [0.2, 0.25) is 0 Å². The van der Waals surface area contributed by atoms with Gasteiger partial charge in [-0.2, -0.15) is 5.10 Å². The Morgan fingerprint density at radius 1 is 0.714 bits per heavy atom. The average Bonchev–Trinajstić information content (AvgIpc) is 2.92. The number of rotatable bonds is 8. The quantitative estimate of drug-likeness (QED) is 0.175. The third-order valence-corrected chi connectivity index (χ3v) is 6.35. The van der Waals surface area contributed by atoms with Gasteiger partial charge in [0.25, 0.3) is 11.8 Å². The summed E-state index contributed by atoms with van der Waals surface area (Å²) in [6, 6.07) is 34.1. The largest absolute Gasteiger partial charge is 0.322 e. The maximum Gasteiger partial charge on any atom is 0.271 e. The number of hydrogen-bond acceptors (Lipinski definition) is 4. The van der Waals surface area contributed by atoms with Gasteiger partial charge in [-0.3, -0.25) is 9.59 Å². The monoisotopic (exact) mass is 479 g/mol. The van der Waals surface area contributed by atoms with Crippen LogP contribution in [0, 0.1) is 0 Å². The van der Waals surface area contributed by atoms with Gasteiger partial charge < -0.3 is 5.32 Å². The highest BCUT2D eigenvalue weighted by atomic mass is 32.2. The third-order valence-electron chi connectivity index (χ3n) is 5.26. The van der Waals surface area contributed by atoms with E-state index in [1.807, 2.05) is 79.7 Å². The van der Waals surface area contributed by atoms with E-state index >= 15 is 0 Å². The standard InChI is InChI=1S/C29H25N3O2S/c1-21(25-11-8-12-26(19-25)30-28(33)23-9-4-2-5-10-23)31-32-29(34)24-17-15-22(16-18-24)20-35-27-13-6-3-7-14-27/h2-19H,20H2,1H3,(H,30,33)(H,32,34)/b31-21+. The van der Waals surface area contributed by atoms with Crippen molar-refractivity contribution in [3.63, 3.8) is 0 Å². The van der Waals surface area contributed by atoms with Crippen molar-refractivity contribution < 1.29 is 9.59 Å². The lowest BCUT2D eigenvalue weighted by atomic mass is 10.1. The Morgan fingerprint density at radius 3 is 2.06 bits per heavy atom. The molecule has 0 radical (unpaired) electrons. The van der Waals surface area contributed by atoms with E-state index < -0.39 is 0 Å². The molecule has 0 fully saturated rings. The second-order valence-electron chi connectivity index (χ2n) is 7.84. The van der Waals surface area contributed by atoms with Crippen molar-refractivity contribution in [3.8, 4) is 0 Å². The molecule has 2 amide bonds.